The molecule has 0 radical (unpaired) electrons. The van der Waals surface area contributed by atoms with Gasteiger partial charge in [-0.25, -0.2) is 5.48 Å². The summed E-state index contributed by atoms with van der Waals surface area (Å²) in [6.45, 7) is 1.70. The highest BCUT2D eigenvalue weighted by atomic mass is 16.5. The van der Waals surface area contributed by atoms with Gasteiger partial charge in [-0.05, 0) is 43.3 Å². The number of nitrogens with one attached hydrogen (secondary N) is 2. The molecule has 2 aromatic carbocycles. The van der Waals surface area contributed by atoms with Crippen molar-refractivity contribution < 1.29 is 19.5 Å². The average Bonchev–Trinajstić information content (AvgIpc) is 2.55. The van der Waals surface area contributed by atoms with E-state index in [0.29, 0.717) is 16.9 Å². The quantitative estimate of drug-likeness (QED) is 0.447. The first-order valence-electron chi connectivity index (χ1n) is 6.67. The SMILES string of the molecule is CC(NC(=O)c1ccccc1)Oc1ccc(C(=O)NO)cc1. The Morgan fingerprint density at radius 3 is 2.14 bits per heavy atom. The van der Waals surface area contributed by atoms with E-state index in [1.165, 1.54) is 12.1 Å². The molecule has 3 N–H and O–H groups in total. The lowest BCUT2D eigenvalue weighted by Gasteiger charge is -2.16. The van der Waals surface area contributed by atoms with E-state index in [4.69, 9.17) is 9.94 Å². The molecular formula is C16H16N2O4. The van der Waals surface area contributed by atoms with Crippen LogP contribution in [-0.4, -0.2) is 23.2 Å². The van der Waals surface area contributed by atoms with Gasteiger partial charge in [0.1, 0.15) is 5.75 Å². The Kier molecular flexibility index (Phi) is 5.11. The van der Waals surface area contributed by atoms with Crippen LogP contribution in [0.3, 0.4) is 0 Å². The first-order chi connectivity index (χ1) is 10.6. The molecule has 0 aromatic heterocycles. The van der Waals surface area contributed by atoms with Gasteiger partial charge < -0.3 is 10.1 Å². The zero-order valence-corrected chi connectivity index (χ0v) is 11.9. The predicted octanol–water partition coefficient (Wildman–Crippen LogP) is 1.96. The first kappa shape index (κ1) is 15.5. The fourth-order valence-corrected chi connectivity index (χ4v) is 1.84. The van der Waals surface area contributed by atoms with Gasteiger partial charge in [0.2, 0.25) is 0 Å². The Morgan fingerprint density at radius 2 is 1.55 bits per heavy atom. The maximum atomic E-state index is 12.0. The van der Waals surface area contributed by atoms with Crippen LogP contribution >= 0.6 is 0 Å². The van der Waals surface area contributed by atoms with Crippen molar-refractivity contribution in [3.63, 3.8) is 0 Å². The molecule has 22 heavy (non-hydrogen) atoms. The molecule has 0 fully saturated rings. The third-order valence-electron chi connectivity index (χ3n) is 2.90. The molecule has 0 aliphatic rings. The largest absolute Gasteiger partial charge is 0.471 e. The van der Waals surface area contributed by atoms with Crippen LogP contribution in [0.25, 0.3) is 0 Å². The minimum atomic E-state index is -0.600. The third kappa shape index (κ3) is 4.07. The van der Waals surface area contributed by atoms with E-state index < -0.39 is 12.1 Å². The van der Waals surface area contributed by atoms with E-state index in [1.54, 1.807) is 48.8 Å². The van der Waals surface area contributed by atoms with Crippen LogP contribution in [0.5, 0.6) is 5.75 Å². The predicted molar refractivity (Wildman–Crippen MR) is 79.7 cm³/mol. The minimum Gasteiger partial charge on any atom is -0.471 e. The summed E-state index contributed by atoms with van der Waals surface area (Å²) in [4.78, 5) is 23.1. The topological polar surface area (TPSA) is 87.7 Å². The Labute approximate surface area is 127 Å². The zero-order chi connectivity index (χ0) is 15.9. The van der Waals surface area contributed by atoms with E-state index in [0.717, 1.165) is 0 Å². The van der Waals surface area contributed by atoms with Crippen molar-refractivity contribution in [3.8, 4) is 5.75 Å². The Hall–Kier alpha value is -2.86. The summed E-state index contributed by atoms with van der Waals surface area (Å²) >= 11 is 0. The number of carbonyl (C=O) groups is 2. The molecule has 0 heterocycles. The smallest absolute Gasteiger partial charge is 0.274 e. The maximum Gasteiger partial charge on any atom is 0.274 e. The van der Waals surface area contributed by atoms with Gasteiger partial charge in [0, 0.05) is 11.1 Å². The molecule has 2 aromatic rings. The van der Waals surface area contributed by atoms with Crippen LogP contribution in [0.15, 0.2) is 54.6 Å². The lowest BCUT2D eigenvalue weighted by molar-refractivity contribution is 0.0706. The monoisotopic (exact) mass is 300 g/mol. The molecule has 0 spiro atoms. The molecule has 114 valence electrons. The molecule has 0 saturated heterocycles. The molecule has 2 amide bonds. The standard InChI is InChI=1S/C16H16N2O4/c1-11(17-15(19)12-5-3-2-4-6-12)22-14-9-7-13(8-10-14)16(20)18-21/h2-11,21H,1H3,(H,17,19)(H,18,20). The van der Waals surface area contributed by atoms with Gasteiger partial charge in [0.25, 0.3) is 11.8 Å². The number of amides is 2. The Morgan fingerprint density at radius 1 is 0.955 bits per heavy atom. The lowest BCUT2D eigenvalue weighted by atomic mass is 10.2. The van der Waals surface area contributed by atoms with E-state index in [1.807, 2.05) is 6.07 Å². The second-order valence-electron chi connectivity index (χ2n) is 4.56. The van der Waals surface area contributed by atoms with Crippen molar-refractivity contribution in [1.82, 2.24) is 10.8 Å². The number of rotatable bonds is 5. The maximum absolute atomic E-state index is 12.0. The fraction of sp³-hybridized carbons (Fsp3) is 0.125. The summed E-state index contributed by atoms with van der Waals surface area (Å²) < 4.78 is 5.55. The van der Waals surface area contributed by atoms with Crippen LogP contribution in [-0.2, 0) is 0 Å². The lowest BCUT2D eigenvalue weighted by Crippen LogP contribution is -2.36. The highest BCUT2D eigenvalue weighted by Gasteiger charge is 2.11. The van der Waals surface area contributed by atoms with Crippen molar-refractivity contribution >= 4 is 11.8 Å². The van der Waals surface area contributed by atoms with Crippen LogP contribution in [0.4, 0.5) is 0 Å². The van der Waals surface area contributed by atoms with Crippen molar-refractivity contribution in [1.29, 1.82) is 0 Å². The summed E-state index contributed by atoms with van der Waals surface area (Å²) in [5, 5.41) is 11.2. The molecule has 1 unspecified atom stereocenters. The van der Waals surface area contributed by atoms with Gasteiger partial charge in [0.05, 0.1) is 0 Å². The number of benzene rings is 2. The second-order valence-corrected chi connectivity index (χ2v) is 4.56. The summed E-state index contributed by atoms with van der Waals surface area (Å²) in [5.74, 6) is -0.336. The van der Waals surface area contributed by atoms with Gasteiger partial charge >= 0.3 is 0 Å². The van der Waals surface area contributed by atoms with E-state index in [-0.39, 0.29) is 5.91 Å². The highest BCUT2D eigenvalue weighted by molar-refractivity contribution is 5.94. The Balaban J connectivity index is 1.93. The summed E-state index contributed by atoms with van der Waals surface area (Å²) in [7, 11) is 0. The number of carbonyl (C=O) groups excluding carboxylic acids is 2. The highest BCUT2D eigenvalue weighted by Crippen LogP contribution is 2.13. The van der Waals surface area contributed by atoms with Crippen LogP contribution in [0.2, 0.25) is 0 Å². The molecular weight excluding hydrogens is 284 g/mol. The molecule has 0 bridgehead atoms. The van der Waals surface area contributed by atoms with Gasteiger partial charge in [-0.1, -0.05) is 18.2 Å². The van der Waals surface area contributed by atoms with Crippen molar-refractivity contribution in [2.45, 2.75) is 13.2 Å². The summed E-state index contributed by atoms with van der Waals surface area (Å²) in [6, 6.07) is 15.0. The molecule has 6 nitrogen and oxygen atoms in total. The molecule has 6 heteroatoms. The first-order valence-corrected chi connectivity index (χ1v) is 6.67. The van der Waals surface area contributed by atoms with E-state index >= 15 is 0 Å². The molecule has 0 saturated carbocycles. The van der Waals surface area contributed by atoms with Gasteiger partial charge in [-0.2, -0.15) is 0 Å². The molecule has 0 aliphatic heterocycles. The fourth-order valence-electron chi connectivity index (χ4n) is 1.84. The van der Waals surface area contributed by atoms with Crippen molar-refractivity contribution in [3.05, 3.63) is 65.7 Å². The second kappa shape index (κ2) is 7.24. The summed E-state index contributed by atoms with van der Waals surface area (Å²) in [5.41, 5.74) is 2.40. The number of hydroxylamine groups is 1. The van der Waals surface area contributed by atoms with Crippen LogP contribution in [0.1, 0.15) is 27.6 Å². The number of hydrogen-bond acceptors (Lipinski definition) is 4. The van der Waals surface area contributed by atoms with Crippen molar-refractivity contribution in [2.24, 2.45) is 0 Å². The molecule has 1 atom stereocenters. The van der Waals surface area contributed by atoms with Gasteiger partial charge in [0.15, 0.2) is 6.23 Å². The normalized spacial score (nSPS) is 11.4. The van der Waals surface area contributed by atoms with Gasteiger partial charge in [-0.3, -0.25) is 14.8 Å². The number of hydrogen-bond donors (Lipinski definition) is 3. The molecule has 2 rings (SSSR count). The molecule has 0 aliphatic carbocycles. The minimum absolute atomic E-state index is 0.232. The van der Waals surface area contributed by atoms with Crippen LogP contribution in [0, 0.1) is 0 Å². The third-order valence-corrected chi connectivity index (χ3v) is 2.90. The number of ether oxygens (including phenoxy) is 1. The van der Waals surface area contributed by atoms with E-state index in [9.17, 15) is 9.59 Å². The summed E-state index contributed by atoms with van der Waals surface area (Å²) in [6.07, 6.45) is -0.537. The van der Waals surface area contributed by atoms with Crippen LogP contribution < -0.4 is 15.5 Å². The zero-order valence-electron chi connectivity index (χ0n) is 11.9. The van der Waals surface area contributed by atoms with Gasteiger partial charge in [-0.15, -0.1) is 0 Å². The van der Waals surface area contributed by atoms with E-state index in [2.05, 4.69) is 5.32 Å². The van der Waals surface area contributed by atoms with Crippen molar-refractivity contribution in [2.75, 3.05) is 0 Å². The Bertz CT molecular complexity index is 641. The average molecular weight is 300 g/mol.